The lowest BCUT2D eigenvalue weighted by atomic mass is 10.3. The predicted molar refractivity (Wildman–Crippen MR) is 101 cm³/mol. The summed E-state index contributed by atoms with van der Waals surface area (Å²) in [6.07, 6.45) is 2.15. The van der Waals surface area contributed by atoms with E-state index in [0.29, 0.717) is 5.65 Å². The van der Waals surface area contributed by atoms with Gasteiger partial charge in [0.05, 0.1) is 4.90 Å². The summed E-state index contributed by atoms with van der Waals surface area (Å²) in [4.78, 5) is 28.6. The summed E-state index contributed by atoms with van der Waals surface area (Å²) in [5.41, 5.74) is 1.86. The van der Waals surface area contributed by atoms with E-state index >= 15 is 0 Å². The maximum absolute atomic E-state index is 12.3. The van der Waals surface area contributed by atoms with Crippen LogP contribution in [0.2, 0.25) is 0 Å². The van der Waals surface area contributed by atoms with Crippen molar-refractivity contribution < 1.29 is 22.7 Å². The van der Waals surface area contributed by atoms with E-state index in [1.54, 1.807) is 10.6 Å². The molecule has 1 atom stereocenters. The van der Waals surface area contributed by atoms with Crippen molar-refractivity contribution in [2.75, 3.05) is 5.32 Å². The van der Waals surface area contributed by atoms with Crippen molar-refractivity contribution >= 4 is 33.2 Å². The second kappa shape index (κ2) is 7.41. The smallest absolute Gasteiger partial charge is 0.359 e. The number of amides is 1. The molecule has 3 aromatic rings. The number of nitrogens with two attached hydrogens (primary N) is 1. The lowest BCUT2D eigenvalue weighted by Crippen LogP contribution is -2.30. The number of fused-ring (bicyclic) bond motifs is 1. The van der Waals surface area contributed by atoms with Crippen LogP contribution in [0.15, 0.2) is 53.7 Å². The van der Waals surface area contributed by atoms with Crippen molar-refractivity contribution in [1.29, 1.82) is 0 Å². The van der Waals surface area contributed by atoms with Gasteiger partial charge in [-0.05, 0) is 49.7 Å². The predicted octanol–water partition coefficient (Wildman–Crippen LogP) is 1.47. The van der Waals surface area contributed by atoms with Crippen molar-refractivity contribution in [1.82, 2.24) is 9.38 Å². The van der Waals surface area contributed by atoms with Gasteiger partial charge in [0.15, 0.2) is 11.8 Å². The third-order valence-corrected chi connectivity index (χ3v) is 4.82. The number of hydrogen-bond donors (Lipinski definition) is 2. The van der Waals surface area contributed by atoms with Gasteiger partial charge in [0.1, 0.15) is 5.65 Å². The van der Waals surface area contributed by atoms with Gasteiger partial charge in [0.25, 0.3) is 5.91 Å². The Morgan fingerprint density at radius 2 is 2.00 bits per heavy atom. The largest absolute Gasteiger partial charge is 0.448 e. The molecule has 0 radical (unpaired) electrons. The maximum Gasteiger partial charge on any atom is 0.359 e. The molecule has 146 valence electrons. The minimum atomic E-state index is -3.90. The number of rotatable bonds is 5. The number of nitrogens with zero attached hydrogens (tertiary/aromatic N) is 2. The molecule has 0 spiro atoms. The van der Waals surface area contributed by atoms with Crippen LogP contribution in [-0.4, -0.2) is 35.8 Å². The van der Waals surface area contributed by atoms with Gasteiger partial charge in [-0.3, -0.25) is 4.79 Å². The van der Waals surface area contributed by atoms with Gasteiger partial charge in [0.2, 0.25) is 10.0 Å². The first-order valence-corrected chi connectivity index (χ1v) is 9.78. The molecule has 0 bridgehead atoms. The van der Waals surface area contributed by atoms with Crippen LogP contribution >= 0.6 is 0 Å². The Morgan fingerprint density at radius 3 is 2.71 bits per heavy atom. The average molecular weight is 402 g/mol. The highest BCUT2D eigenvalue weighted by Gasteiger charge is 2.21. The number of hydrogen-bond acceptors (Lipinski definition) is 6. The number of sulfonamides is 1. The molecule has 3 N–H and O–H groups in total. The number of aryl methyl sites for hydroxylation is 1. The summed E-state index contributed by atoms with van der Waals surface area (Å²) in [6, 6.07) is 9.13. The normalized spacial score (nSPS) is 12.5. The van der Waals surface area contributed by atoms with Crippen molar-refractivity contribution in [3.05, 3.63) is 60.0 Å². The molecule has 2 heterocycles. The van der Waals surface area contributed by atoms with Gasteiger partial charge < -0.3 is 14.5 Å². The fourth-order valence-electron chi connectivity index (χ4n) is 2.45. The number of benzene rings is 1. The average Bonchev–Trinajstić information content (AvgIpc) is 3.04. The van der Waals surface area contributed by atoms with Gasteiger partial charge >= 0.3 is 5.97 Å². The third-order valence-electron chi connectivity index (χ3n) is 3.91. The number of primary sulfonamides is 1. The second-order valence-corrected chi connectivity index (χ2v) is 7.77. The van der Waals surface area contributed by atoms with E-state index in [9.17, 15) is 18.0 Å². The van der Waals surface area contributed by atoms with Gasteiger partial charge in [-0.15, -0.1) is 0 Å². The summed E-state index contributed by atoms with van der Waals surface area (Å²) in [5, 5.41) is 7.55. The molecule has 3 rings (SSSR count). The number of carbonyl (C=O) groups is 2. The Hall–Kier alpha value is -3.24. The summed E-state index contributed by atoms with van der Waals surface area (Å²) in [7, 11) is -3.90. The van der Waals surface area contributed by atoms with Crippen LogP contribution in [-0.2, 0) is 19.6 Å². The molecule has 0 fully saturated rings. The zero-order chi connectivity index (χ0) is 20.5. The summed E-state index contributed by atoms with van der Waals surface area (Å²) < 4.78 is 29.6. The number of esters is 1. The quantitative estimate of drug-likeness (QED) is 0.621. The molecule has 2 aromatic heterocycles. The number of pyridine rings is 1. The molecule has 1 unspecified atom stereocenters. The highest BCUT2D eigenvalue weighted by molar-refractivity contribution is 7.89. The summed E-state index contributed by atoms with van der Waals surface area (Å²) >= 11 is 0. The lowest BCUT2D eigenvalue weighted by molar-refractivity contribution is -0.123. The van der Waals surface area contributed by atoms with Gasteiger partial charge in [-0.2, -0.15) is 0 Å². The molecule has 10 heteroatoms. The molecule has 1 aromatic carbocycles. The first-order chi connectivity index (χ1) is 13.1. The fourth-order valence-corrected chi connectivity index (χ4v) is 3.01. The zero-order valence-corrected chi connectivity index (χ0v) is 15.9. The number of ether oxygens (including phenoxy) is 1. The molecular weight excluding hydrogens is 384 g/mol. The van der Waals surface area contributed by atoms with E-state index in [1.165, 1.54) is 37.4 Å². The van der Waals surface area contributed by atoms with Crippen LogP contribution in [0.5, 0.6) is 0 Å². The SMILES string of the molecule is Cc1ccn2cc(C(=O)OC(C)C(=O)Nc3cccc(S(N)(=O)=O)c3)nc2c1. The van der Waals surface area contributed by atoms with E-state index in [-0.39, 0.29) is 16.3 Å². The van der Waals surface area contributed by atoms with Crippen molar-refractivity contribution in [2.45, 2.75) is 24.8 Å². The Labute approximate surface area is 161 Å². The number of anilines is 1. The topological polar surface area (TPSA) is 133 Å². The molecule has 1 amide bonds. The van der Waals surface area contributed by atoms with E-state index in [1.807, 2.05) is 19.1 Å². The molecule has 9 nitrogen and oxygen atoms in total. The fraction of sp³-hybridized carbons (Fsp3) is 0.167. The second-order valence-electron chi connectivity index (χ2n) is 6.21. The molecule has 0 aliphatic rings. The van der Waals surface area contributed by atoms with E-state index in [4.69, 9.17) is 9.88 Å². The lowest BCUT2D eigenvalue weighted by Gasteiger charge is -2.13. The minimum Gasteiger partial charge on any atom is -0.448 e. The van der Waals surface area contributed by atoms with Gasteiger partial charge in [-0.1, -0.05) is 6.07 Å². The first kappa shape index (κ1) is 19.5. The highest BCUT2D eigenvalue weighted by atomic mass is 32.2. The van der Waals surface area contributed by atoms with Crippen LogP contribution in [0.3, 0.4) is 0 Å². The van der Waals surface area contributed by atoms with Gasteiger partial charge in [-0.25, -0.2) is 23.3 Å². The highest BCUT2D eigenvalue weighted by Crippen LogP contribution is 2.15. The Morgan fingerprint density at radius 1 is 1.25 bits per heavy atom. The molecule has 28 heavy (non-hydrogen) atoms. The van der Waals surface area contributed by atoms with E-state index < -0.39 is 28.0 Å². The van der Waals surface area contributed by atoms with E-state index in [0.717, 1.165) is 5.56 Å². The Bertz CT molecular complexity index is 1170. The summed E-state index contributed by atoms with van der Waals surface area (Å²) in [5.74, 6) is -1.37. The summed E-state index contributed by atoms with van der Waals surface area (Å²) in [6.45, 7) is 3.31. The monoisotopic (exact) mass is 402 g/mol. The first-order valence-electron chi connectivity index (χ1n) is 8.23. The van der Waals surface area contributed by atoms with Crippen molar-refractivity contribution in [3.63, 3.8) is 0 Å². The van der Waals surface area contributed by atoms with Crippen LogP contribution in [0.4, 0.5) is 5.69 Å². The van der Waals surface area contributed by atoms with Crippen LogP contribution in [0, 0.1) is 6.92 Å². The molecule has 0 saturated carbocycles. The Balaban J connectivity index is 1.68. The van der Waals surface area contributed by atoms with Crippen molar-refractivity contribution in [2.24, 2.45) is 5.14 Å². The third kappa shape index (κ3) is 4.35. The van der Waals surface area contributed by atoms with E-state index in [2.05, 4.69) is 10.3 Å². The number of imidazole rings is 1. The minimum absolute atomic E-state index is 0.0708. The molecule has 0 aliphatic heterocycles. The Kier molecular flexibility index (Phi) is 5.16. The van der Waals surface area contributed by atoms with Crippen LogP contribution < -0.4 is 10.5 Å². The van der Waals surface area contributed by atoms with Crippen molar-refractivity contribution in [3.8, 4) is 0 Å². The number of nitrogens with one attached hydrogen (secondary N) is 1. The number of carbonyl (C=O) groups excluding carboxylic acids is 2. The van der Waals surface area contributed by atoms with Gasteiger partial charge in [0, 0.05) is 18.1 Å². The molecule has 0 aliphatic carbocycles. The van der Waals surface area contributed by atoms with Crippen LogP contribution in [0.25, 0.3) is 5.65 Å². The van der Waals surface area contributed by atoms with Crippen LogP contribution in [0.1, 0.15) is 23.0 Å². The number of aromatic nitrogens is 2. The zero-order valence-electron chi connectivity index (χ0n) is 15.1. The molecular formula is C18H18N4O5S. The molecule has 0 saturated heterocycles. The standard InChI is InChI=1S/C18H18N4O5S/c1-11-6-7-22-10-15(21-16(22)8-11)18(24)27-12(2)17(23)20-13-4-3-5-14(9-13)28(19,25)26/h3-10,12H,1-2H3,(H,20,23)(H2,19,25,26). The maximum atomic E-state index is 12.3.